The van der Waals surface area contributed by atoms with Gasteiger partial charge in [-0.3, -0.25) is 0 Å². The van der Waals surface area contributed by atoms with Crippen LogP contribution in [0.25, 0.3) is 0 Å². The smallest absolute Gasteiger partial charge is 0.416 e. The Kier molecular flexibility index (Phi) is 6.59. The summed E-state index contributed by atoms with van der Waals surface area (Å²) in [5.74, 6) is 0.352. The van der Waals surface area contributed by atoms with Crippen LogP contribution in [0.5, 0.6) is 5.75 Å². The number of carbonyl (C=O) groups is 1. The molecule has 0 spiro atoms. The number of aromatic nitrogens is 1. The van der Waals surface area contributed by atoms with Gasteiger partial charge in [0.2, 0.25) is 0 Å². The molecule has 1 aliphatic rings. The molecule has 1 aromatic heterocycles. The molecule has 1 aromatic carbocycles. The Balaban J connectivity index is 1.80. The van der Waals surface area contributed by atoms with Gasteiger partial charge in [-0.05, 0) is 43.9 Å². The minimum Gasteiger partial charge on any atom is -0.493 e. The molecule has 28 heavy (non-hydrogen) atoms. The molecular weight excluding hydrogens is 391 g/mol. The van der Waals surface area contributed by atoms with Crippen molar-refractivity contribution in [1.29, 1.82) is 0 Å². The molecule has 0 atom stereocenters. The van der Waals surface area contributed by atoms with Gasteiger partial charge in [0.05, 0.1) is 23.8 Å². The predicted molar refractivity (Wildman–Crippen MR) is 99.8 cm³/mol. The summed E-state index contributed by atoms with van der Waals surface area (Å²) in [7, 11) is 0. The molecule has 0 aliphatic heterocycles. The first-order chi connectivity index (χ1) is 13.4. The molecule has 0 radical (unpaired) electrons. The van der Waals surface area contributed by atoms with Crippen molar-refractivity contribution < 1.29 is 27.4 Å². The lowest BCUT2D eigenvalue weighted by Crippen LogP contribution is -2.11. The fourth-order valence-corrected chi connectivity index (χ4v) is 4.06. The summed E-state index contributed by atoms with van der Waals surface area (Å²) in [6, 6.07) is 3.53. The van der Waals surface area contributed by atoms with Crippen LogP contribution in [0.15, 0.2) is 23.6 Å². The second-order valence-electron chi connectivity index (χ2n) is 6.81. The van der Waals surface area contributed by atoms with Crippen molar-refractivity contribution in [2.24, 2.45) is 5.92 Å². The standard InChI is InChI=1S/C20H22F3NO3S/c1-2-26-19(25)16-12-28-18(24-16)10-14-9-15(20(21,22)23)7-8-17(14)27-11-13-5-3-4-6-13/h7-9,12-13H,2-6,10-11H2,1H3. The molecule has 8 heteroatoms. The van der Waals surface area contributed by atoms with Crippen LogP contribution in [0.1, 0.15) is 59.2 Å². The van der Waals surface area contributed by atoms with Crippen LogP contribution in [0.3, 0.4) is 0 Å². The lowest BCUT2D eigenvalue weighted by Gasteiger charge is -2.16. The largest absolute Gasteiger partial charge is 0.493 e. The van der Waals surface area contributed by atoms with Gasteiger partial charge in [0, 0.05) is 17.4 Å². The number of benzene rings is 1. The minimum absolute atomic E-state index is 0.161. The summed E-state index contributed by atoms with van der Waals surface area (Å²) in [4.78, 5) is 16.0. The Morgan fingerprint density at radius 3 is 2.71 bits per heavy atom. The van der Waals surface area contributed by atoms with Crippen LogP contribution in [-0.4, -0.2) is 24.2 Å². The molecule has 0 amide bonds. The number of alkyl halides is 3. The fraction of sp³-hybridized carbons (Fsp3) is 0.500. The second-order valence-corrected chi connectivity index (χ2v) is 7.75. The summed E-state index contributed by atoms with van der Waals surface area (Å²) in [6.07, 6.45) is 0.246. The summed E-state index contributed by atoms with van der Waals surface area (Å²) in [6.45, 7) is 2.44. The molecule has 2 aromatic rings. The maximum atomic E-state index is 13.1. The number of carbonyl (C=O) groups excluding carboxylic acids is 1. The first kappa shape index (κ1) is 20.6. The first-order valence-corrected chi connectivity index (χ1v) is 10.2. The number of hydrogen-bond acceptors (Lipinski definition) is 5. The zero-order valence-electron chi connectivity index (χ0n) is 15.6. The lowest BCUT2D eigenvalue weighted by molar-refractivity contribution is -0.137. The monoisotopic (exact) mass is 413 g/mol. The van der Waals surface area contributed by atoms with Crippen molar-refractivity contribution in [1.82, 2.24) is 4.98 Å². The van der Waals surface area contributed by atoms with E-state index < -0.39 is 17.7 Å². The number of halogens is 3. The maximum Gasteiger partial charge on any atom is 0.416 e. The molecule has 1 heterocycles. The van der Waals surface area contributed by atoms with E-state index in [-0.39, 0.29) is 18.7 Å². The molecular formula is C20H22F3NO3S. The zero-order chi connectivity index (χ0) is 20.1. The number of ether oxygens (including phenoxy) is 2. The average Bonchev–Trinajstić information content (AvgIpc) is 3.32. The number of rotatable bonds is 7. The summed E-state index contributed by atoms with van der Waals surface area (Å²) in [5, 5.41) is 2.09. The predicted octanol–water partition coefficient (Wildman–Crippen LogP) is 5.50. The molecule has 3 rings (SSSR count). The van der Waals surface area contributed by atoms with Gasteiger partial charge >= 0.3 is 12.1 Å². The Bertz CT molecular complexity index is 813. The highest BCUT2D eigenvalue weighted by Crippen LogP contribution is 2.34. The van der Waals surface area contributed by atoms with Crippen LogP contribution in [0, 0.1) is 5.92 Å². The van der Waals surface area contributed by atoms with E-state index in [2.05, 4.69) is 4.98 Å². The van der Waals surface area contributed by atoms with Crippen molar-refractivity contribution in [3.8, 4) is 5.75 Å². The van der Waals surface area contributed by atoms with Gasteiger partial charge in [0.1, 0.15) is 5.75 Å². The van der Waals surface area contributed by atoms with E-state index in [1.807, 2.05) is 0 Å². The SMILES string of the molecule is CCOC(=O)c1csc(Cc2cc(C(F)(F)F)ccc2OCC2CCCC2)n1. The third kappa shape index (κ3) is 5.25. The van der Waals surface area contributed by atoms with Crippen molar-refractivity contribution in [3.05, 3.63) is 45.4 Å². The molecule has 4 nitrogen and oxygen atoms in total. The molecule has 0 unspecified atom stereocenters. The zero-order valence-corrected chi connectivity index (χ0v) is 16.4. The maximum absolute atomic E-state index is 13.1. The summed E-state index contributed by atoms with van der Waals surface area (Å²) in [5.41, 5.74) is -0.141. The lowest BCUT2D eigenvalue weighted by atomic mass is 10.1. The first-order valence-electron chi connectivity index (χ1n) is 9.31. The van der Waals surface area contributed by atoms with Crippen LogP contribution < -0.4 is 4.74 Å². The van der Waals surface area contributed by atoms with Gasteiger partial charge < -0.3 is 9.47 Å². The third-order valence-corrected chi connectivity index (χ3v) is 5.56. The number of thiazole rings is 1. The number of hydrogen-bond donors (Lipinski definition) is 0. The van der Waals surface area contributed by atoms with Crippen molar-refractivity contribution >= 4 is 17.3 Å². The Morgan fingerprint density at radius 2 is 2.04 bits per heavy atom. The molecule has 1 saturated carbocycles. The van der Waals surface area contributed by atoms with E-state index in [0.29, 0.717) is 28.8 Å². The average molecular weight is 413 g/mol. The van der Waals surface area contributed by atoms with E-state index in [0.717, 1.165) is 25.0 Å². The molecule has 152 valence electrons. The van der Waals surface area contributed by atoms with Gasteiger partial charge in [-0.1, -0.05) is 12.8 Å². The van der Waals surface area contributed by atoms with E-state index in [1.54, 1.807) is 12.3 Å². The van der Waals surface area contributed by atoms with Gasteiger partial charge in [-0.2, -0.15) is 13.2 Å². The van der Waals surface area contributed by atoms with Gasteiger partial charge in [0.15, 0.2) is 5.69 Å². The molecule has 1 fully saturated rings. The Morgan fingerprint density at radius 1 is 1.29 bits per heavy atom. The van der Waals surface area contributed by atoms with E-state index >= 15 is 0 Å². The Labute approximate surface area is 165 Å². The van der Waals surface area contributed by atoms with Crippen molar-refractivity contribution in [2.75, 3.05) is 13.2 Å². The molecule has 0 N–H and O–H groups in total. The van der Waals surface area contributed by atoms with Crippen LogP contribution in [0.2, 0.25) is 0 Å². The van der Waals surface area contributed by atoms with E-state index in [9.17, 15) is 18.0 Å². The highest BCUT2D eigenvalue weighted by atomic mass is 32.1. The van der Waals surface area contributed by atoms with Gasteiger partial charge in [-0.25, -0.2) is 9.78 Å². The second kappa shape index (κ2) is 8.94. The number of nitrogens with zero attached hydrogens (tertiary/aromatic N) is 1. The molecule has 0 bridgehead atoms. The quantitative estimate of drug-likeness (QED) is 0.563. The van der Waals surface area contributed by atoms with E-state index in [4.69, 9.17) is 9.47 Å². The van der Waals surface area contributed by atoms with Crippen molar-refractivity contribution in [2.45, 2.75) is 45.2 Å². The fourth-order valence-electron chi connectivity index (χ4n) is 3.27. The summed E-state index contributed by atoms with van der Waals surface area (Å²) >= 11 is 1.22. The normalized spacial score (nSPS) is 15.0. The van der Waals surface area contributed by atoms with Crippen molar-refractivity contribution in [3.63, 3.8) is 0 Å². The van der Waals surface area contributed by atoms with Crippen LogP contribution in [0.4, 0.5) is 13.2 Å². The van der Waals surface area contributed by atoms with Crippen LogP contribution in [-0.2, 0) is 17.3 Å². The highest BCUT2D eigenvalue weighted by molar-refractivity contribution is 7.09. The summed E-state index contributed by atoms with van der Waals surface area (Å²) < 4.78 is 50.2. The van der Waals surface area contributed by atoms with Gasteiger partial charge in [-0.15, -0.1) is 11.3 Å². The molecule has 0 saturated heterocycles. The highest BCUT2D eigenvalue weighted by Gasteiger charge is 2.31. The van der Waals surface area contributed by atoms with E-state index in [1.165, 1.54) is 30.2 Å². The van der Waals surface area contributed by atoms with Gasteiger partial charge in [0.25, 0.3) is 0 Å². The third-order valence-electron chi connectivity index (χ3n) is 4.72. The number of esters is 1. The molecule has 1 aliphatic carbocycles. The Hall–Kier alpha value is -2.09. The topological polar surface area (TPSA) is 48.4 Å². The minimum atomic E-state index is -4.43. The van der Waals surface area contributed by atoms with Crippen LogP contribution >= 0.6 is 11.3 Å².